The highest BCUT2D eigenvalue weighted by molar-refractivity contribution is 6.32. The van der Waals surface area contributed by atoms with Gasteiger partial charge in [-0.05, 0) is 50.1 Å². The molecule has 0 aliphatic carbocycles. The molecule has 0 aliphatic heterocycles. The minimum Gasteiger partial charge on any atom is -0.486 e. The molecule has 0 bridgehead atoms. The molecule has 4 heteroatoms. The topological polar surface area (TPSA) is 27.1 Å². The molecular weight excluding hydrogens is 368 g/mol. The Kier molecular flexibility index (Phi) is 5.10. The summed E-state index contributed by atoms with van der Waals surface area (Å²) in [6.45, 7) is 7.63. The quantitative estimate of drug-likeness (QED) is 0.403. The van der Waals surface area contributed by atoms with Crippen molar-refractivity contribution in [3.63, 3.8) is 0 Å². The summed E-state index contributed by atoms with van der Waals surface area (Å²) in [6.07, 6.45) is 1.86. The summed E-state index contributed by atoms with van der Waals surface area (Å²) in [5, 5.41) is 1.83. The number of hydrogen-bond acceptors (Lipinski definition) is 2. The van der Waals surface area contributed by atoms with Crippen LogP contribution in [0.1, 0.15) is 28.1 Å². The minimum atomic E-state index is 0.373. The highest BCUT2D eigenvalue weighted by atomic mass is 35.5. The summed E-state index contributed by atoms with van der Waals surface area (Å²) >= 11 is 6.24. The molecule has 28 heavy (non-hydrogen) atoms. The fourth-order valence-electron chi connectivity index (χ4n) is 3.55. The number of nitrogens with zero attached hydrogens (tertiary/aromatic N) is 2. The Morgan fingerprint density at radius 2 is 1.71 bits per heavy atom. The van der Waals surface area contributed by atoms with Crippen molar-refractivity contribution in [2.75, 3.05) is 0 Å². The fraction of sp³-hybridized carbons (Fsp3) is 0.208. The van der Waals surface area contributed by atoms with Crippen molar-refractivity contribution in [1.29, 1.82) is 0 Å². The van der Waals surface area contributed by atoms with Crippen molar-refractivity contribution in [2.24, 2.45) is 0 Å². The van der Waals surface area contributed by atoms with Gasteiger partial charge in [0.25, 0.3) is 0 Å². The van der Waals surface area contributed by atoms with Crippen LogP contribution in [0.4, 0.5) is 0 Å². The normalized spacial score (nSPS) is 11.1. The number of ether oxygens (including phenoxy) is 1. The van der Waals surface area contributed by atoms with Crippen molar-refractivity contribution in [2.45, 2.75) is 33.9 Å². The number of benzene rings is 2. The van der Waals surface area contributed by atoms with Gasteiger partial charge in [-0.2, -0.15) is 0 Å². The molecule has 0 spiro atoms. The first-order chi connectivity index (χ1) is 13.5. The second-order valence-corrected chi connectivity index (χ2v) is 7.56. The number of aromatic nitrogens is 2. The Labute approximate surface area is 170 Å². The molecule has 0 unspecified atom stereocenters. The standard InChI is InChI=1S/C24H23ClN2O/c1-16-8-10-19(11-9-16)14-27-18(3)17(2)20-12-13-26-22(24(20)27)15-28-23-7-5-4-6-21(23)25/h4-13H,14-15H2,1-3H3. The average molecular weight is 391 g/mol. The van der Waals surface area contributed by atoms with Gasteiger partial charge in [-0.3, -0.25) is 4.98 Å². The van der Waals surface area contributed by atoms with Crippen LogP contribution in [0.2, 0.25) is 5.02 Å². The first-order valence-corrected chi connectivity index (χ1v) is 9.78. The Balaban J connectivity index is 1.74. The van der Waals surface area contributed by atoms with Gasteiger partial charge >= 0.3 is 0 Å². The molecule has 2 heterocycles. The maximum absolute atomic E-state index is 6.24. The smallest absolute Gasteiger partial charge is 0.138 e. The molecule has 0 saturated carbocycles. The van der Waals surface area contributed by atoms with Crippen LogP contribution in [0, 0.1) is 20.8 Å². The van der Waals surface area contributed by atoms with Gasteiger partial charge in [-0.15, -0.1) is 0 Å². The van der Waals surface area contributed by atoms with E-state index in [1.54, 1.807) is 0 Å². The summed E-state index contributed by atoms with van der Waals surface area (Å²) in [6, 6.07) is 18.3. The van der Waals surface area contributed by atoms with Crippen LogP contribution in [0.25, 0.3) is 10.9 Å². The Morgan fingerprint density at radius 3 is 2.46 bits per heavy atom. The summed E-state index contributed by atoms with van der Waals surface area (Å²) in [7, 11) is 0. The lowest BCUT2D eigenvalue weighted by molar-refractivity contribution is 0.302. The predicted octanol–water partition coefficient (Wildman–Crippen LogP) is 6.24. The van der Waals surface area contributed by atoms with Crippen LogP contribution in [0.15, 0.2) is 60.8 Å². The van der Waals surface area contributed by atoms with Gasteiger partial charge in [0, 0.05) is 23.8 Å². The van der Waals surface area contributed by atoms with E-state index in [1.165, 1.54) is 27.8 Å². The van der Waals surface area contributed by atoms with Crippen molar-refractivity contribution in [3.8, 4) is 5.75 Å². The Hall–Kier alpha value is -2.78. The van der Waals surface area contributed by atoms with E-state index in [1.807, 2.05) is 30.5 Å². The van der Waals surface area contributed by atoms with Crippen LogP contribution < -0.4 is 4.74 Å². The highest BCUT2D eigenvalue weighted by Gasteiger charge is 2.16. The maximum atomic E-state index is 6.24. The summed E-state index contributed by atoms with van der Waals surface area (Å²) < 4.78 is 8.33. The molecule has 0 saturated heterocycles. The van der Waals surface area contributed by atoms with Gasteiger partial charge in [0.1, 0.15) is 18.1 Å². The molecule has 0 amide bonds. The largest absolute Gasteiger partial charge is 0.486 e. The third-order valence-corrected chi connectivity index (χ3v) is 5.60. The van der Waals surface area contributed by atoms with E-state index >= 15 is 0 Å². The molecule has 0 N–H and O–H groups in total. The zero-order valence-electron chi connectivity index (χ0n) is 16.4. The number of rotatable bonds is 5. The second-order valence-electron chi connectivity index (χ2n) is 7.16. The molecule has 0 aliphatic rings. The molecule has 0 atom stereocenters. The number of pyridine rings is 1. The lowest BCUT2D eigenvalue weighted by Gasteiger charge is -2.13. The predicted molar refractivity (Wildman–Crippen MR) is 115 cm³/mol. The molecule has 0 fully saturated rings. The summed E-state index contributed by atoms with van der Waals surface area (Å²) in [5.41, 5.74) is 7.12. The number of hydrogen-bond donors (Lipinski definition) is 0. The second kappa shape index (κ2) is 7.69. The van der Waals surface area contributed by atoms with E-state index in [-0.39, 0.29) is 0 Å². The van der Waals surface area contributed by atoms with E-state index < -0.39 is 0 Å². The van der Waals surface area contributed by atoms with Crippen LogP contribution in [0.3, 0.4) is 0 Å². The SMILES string of the molecule is Cc1ccc(Cn2c(C)c(C)c3ccnc(COc4ccccc4Cl)c32)cc1. The summed E-state index contributed by atoms with van der Waals surface area (Å²) in [5.74, 6) is 0.674. The van der Waals surface area contributed by atoms with Crippen LogP contribution in [-0.2, 0) is 13.2 Å². The van der Waals surface area contributed by atoms with Crippen molar-refractivity contribution >= 4 is 22.5 Å². The number of halogens is 1. The third-order valence-electron chi connectivity index (χ3n) is 5.28. The first kappa shape index (κ1) is 18.6. The van der Waals surface area contributed by atoms with Crippen LogP contribution in [-0.4, -0.2) is 9.55 Å². The van der Waals surface area contributed by atoms with E-state index in [0.29, 0.717) is 17.4 Å². The summed E-state index contributed by atoms with van der Waals surface area (Å²) in [4.78, 5) is 4.63. The van der Waals surface area contributed by atoms with E-state index in [0.717, 1.165) is 17.8 Å². The Bertz CT molecular complexity index is 1130. The number of fused-ring (bicyclic) bond motifs is 1. The monoisotopic (exact) mass is 390 g/mol. The molecule has 142 valence electrons. The van der Waals surface area contributed by atoms with Crippen LogP contribution in [0.5, 0.6) is 5.75 Å². The fourth-order valence-corrected chi connectivity index (χ4v) is 3.74. The minimum absolute atomic E-state index is 0.373. The van der Waals surface area contributed by atoms with Gasteiger partial charge in [0.15, 0.2) is 0 Å². The highest BCUT2D eigenvalue weighted by Crippen LogP contribution is 2.30. The van der Waals surface area contributed by atoms with Crippen molar-refractivity contribution in [1.82, 2.24) is 9.55 Å². The van der Waals surface area contributed by atoms with Gasteiger partial charge in [-0.1, -0.05) is 53.6 Å². The van der Waals surface area contributed by atoms with E-state index in [2.05, 4.69) is 60.7 Å². The molecule has 4 aromatic rings. The Morgan fingerprint density at radius 1 is 0.964 bits per heavy atom. The molecule has 0 radical (unpaired) electrons. The molecule has 4 rings (SSSR count). The third kappa shape index (κ3) is 3.50. The van der Waals surface area contributed by atoms with E-state index in [9.17, 15) is 0 Å². The molecular formula is C24H23ClN2O. The molecule has 3 nitrogen and oxygen atoms in total. The zero-order chi connectivity index (χ0) is 19.7. The van der Waals surface area contributed by atoms with Crippen molar-refractivity contribution < 1.29 is 4.74 Å². The molecule has 2 aromatic carbocycles. The first-order valence-electron chi connectivity index (χ1n) is 9.40. The van der Waals surface area contributed by atoms with Gasteiger partial charge < -0.3 is 9.30 Å². The molecule has 2 aromatic heterocycles. The van der Waals surface area contributed by atoms with E-state index in [4.69, 9.17) is 16.3 Å². The van der Waals surface area contributed by atoms with Gasteiger partial charge in [-0.25, -0.2) is 0 Å². The average Bonchev–Trinajstić information content (AvgIpc) is 2.94. The van der Waals surface area contributed by atoms with Crippen molar-refractivity contribution in [3.05, 3.63) is 93.9 Å². The van der Waals surface area contributed by atoms with Gasteiger partial charge in [0.2, 0.25) is 0 Å². The number of para-hydroxylation sites is 1. The van der Waals surface area contributed by atoms with Gasteiger partial charge in [0.05, 0.1) is 10.5 Å². The lowest BCUT2D eigenvalue weighted by atomic mass is 10.1. The lowest BCUT2D eigenvalue weighted by Crippen LogP contribution is -2.06. The number of aryl methyl sites for hydroxylation is 2. The zero-order valence-corrected chi connectivity index (χ0v) is 17.1. The maximum Gasteiger partial charge on any atom is 0.138 e. The van der Waals surface area contributed by atoms with Crippen LogP contribution >= 0.6 is 11.6 Å².